The SMILES string of the molecule is CC1CCN(CC(=O)NC2CCCC2)C1C(=O)O. The summed E-state index contributed by atoms with van der Waals surface area (Å²) in [4.78, 5) is 24.8. The number of nitrogens with one attached hydrogen (secondary N) is 1. The maximum atomic E-state index is 11.9. The molecule has 1 saturated heterocycles. The van der Waals surface area contributed by atoms with Crippen molar-refractivity contribution in [3.05, 3.63) is 0 Å². The molecule has 0 aromatic carbocycles. The Morgan fingerprint density at radius 2 is 1.94 bits per heavy atom. The standard InChI is InChI=1S/C13H22N2O3/c1-9-6-7-15(12(9)13(17)18)8-11(16)14-10-4-2-3-5-10/h9-10,12H,2-8H2,1H3,(H,14,16)(H,17,18). The molecule has 0 radical (unpaired) electrons. The zero-order valence-electron chi connectivity index (χ0n) is 10.9. The molecule has 0 aromatic heterocycles. The van der Waals surface area contributed by atoms with Crippen LogP contribution < -0.4 is 5.32 Å². The van der Waals surface area contributed by atoms with Gasteiger partial charge in [-0.05, 0) is 31.7 Å². The first kappa shape index (κ1) is 13.3. The summed E-state index contributed by atoms with van der Waals surface area (Å²) < 4.78 is 0. The smallest absolute Gasteiger partial charge is 0.321 e. The highest BCUT2D eigenvalue weighted by atomic mass is 16.4. The average molecular weight is 254 g/mol. The van der Waals surface area contributed by atoms with Crippen LogP contribution in [-0.2, 0) is 9.59 Å². The van der Waals surface area contributed by atoms with Gasteiger partial charge in [0.25, 0.3) is 0 Å². The van der Waals surface area contributed by atoms with Gasteiger partial charge < -0.3 is 10.4 Å². The van der Waals surface area contributed by atoms with Crippen LogP contribution in [0.4, 0.5) is 0 Å². The van der Waals surface area contributed by atoms with E-state index in [1.54, 1.807) is 4.90 Å². The second-order valence-electron chi connectivity index (χ2n) is 5.57. The van der Waals surface area contributed by atoms with Crippen LogP contribution in [0.25, 0.3) is 0 Å². The Balaban J connectivity index is 1.84. The lowest BCUT2D eigenvalue weighted by molar-refractivity contribution is -0.143. The second-order valence-corrected chi connectivity index (χ2v) is 5.57. The van der Waals surface area contributed by atoms with Crippen molar-refractivity contribution in [2.45, 2.75) is 51.1 Å². The number of carboxylic acid groups (broad SMARTS) is 1. The molecule has 2 N–H and O–H groups in total. The molecule has 2 unspecified atom stereocenters. The van der Waals surface area contributed by atoms with E-state index in [-0.39, 0.29) is 18.4 Å². The molecule has 0 bridgehead atoms. The molecule has 5 nitrogen and oxygen atoms in total. The number of carbonyl (C=O) groups excluding carboxylic acids is 1. The van der Waals surface area contributed by atoms with E-state index in [9.17, 15) is 14.7 Å². The molecule has 18 heavy (non-hydrogen) atoms. The monoisotopic (exact) mass is 254 g/mol. The molecule has 2 aliphatic rings. The number of rotatable bonds is 4. The molecule has 1 aliphatic carbocycles. The van der Waals surface area contributed by atoms with Crippen molar-refractivity contribution in [2.75, 3.05) is 13.1 Å². The average Bonchev–Trinajstić information content (AvgIpc) is 2.88. The third-order valence-corrected chi connectivity index (χ3v) is 4.12. The number of aliphatic carboxylic acids is 1. The lowest BCUT2D eigenvalue weighted by Crippen LogP contribution is -2.46. The number of hydrogen-bond acceptors (Lipinski definition) is 3. The third kappa shape index (κ3) is 3.02. The summed E-state index contributed by atoms with van der Waals surface area (Å²) in [6.07, 6.45) is 5.34. The Kier molecular flexibility index (Phi) is 4.22. The minimum Gasteiger partial charge on any atom is -0.480 e. The number of likely N-dealkylation sites (tertiary alicyclic amines) is 1. The fourth-order valence-electron chi connectivity index (χ4n) is 3.13. The van der Waals surface area contributed by atoms with Crippen molar-refractivity contribution in [3.8, 4) is 0 Å². The van der Waals surface area contributed by atoms with Gasteiger partial charge in [0.1, 0.15) is 6.04 Å². The summed E-state index contributed by atoms with van der Waals surface area (Å²) in [5, 5.41) is 12.2. The first-order chi connectivity index (χ1) is 8.58. The van der Waals surface area contributed by atoms with Crippen LogP contribution in [0.15, 0.2) is 0 Å². The van der Waals surface area contributed by atoms with Gasteiger partial charge in [-0.3, -0.25) is 14.5 Å². The zero-order chi connectivity index (χ0) is 13.1. The molecule has 1 amide bonds. The van der Waals surface area contributed by atoms with E-state index in [1.807, 2.05) is 6.92 Å². The van der Waals surface area contributed by atoms with Crippen LogP contribution in [0.5, 0.6) is 0 Å². The lowest BCUT2D eigenvalue weighted by Gasteiger charge is -2.23. The second kappa shape index (κ2) is 5.69. The van der Waals surface area contributed by atoms with Crippen LogP contribution >= 0.6 is 0 Å². The van der Waals surface area contributed by atoms with E-state index >= 15 is 0 Å². The number of amides is 1. The number of nitrogens with zero attached hydrogens (tertiary/aromatic N) is 1. The summed E-state index contributed by atoms with van der Waals surface area (Å²) in [6.45, 7) is 2.86. The minimum absolute atomic E-state index is 0.0257. The fourth-order valence-corrected chi connectivity index (χ4v) is 3.13. The van der Waals surface area contributed by atoms with Gasteiger partial charge in [-0.1, -0.05) is 19.8 Å². The quantitative estimate of drug-likeness (QED) is 0.780. The van der Waals surface area contributed by atoms with Gasteiger partial charge in [0.15, 0.2) is 0 Å². The molecule has 1 aliphatic heterocycles. The Bertz CT molecular complexity index is 326. The highest BCUT2D eigenvalue weighted by molar-refractivity contribution is 5.80. The Morgan fingerprint density at radius 1 is 1.28 bits per heavy atom. The van der Waals surface area contributed by atoms with Gasteiger partial charge >= 0.3 is 5.97 Å². The zero-order valence-corrected chi connectivity index (χ0v) is 10.9. The third-order valence-electron chi connectivity index (χ3n) is 4.12. The van der Waals surface area contributed by atoms with Crippen molar-refractivity contribution in [2.24, 2.45) is 5.92 Å². The summed E-state index contributed by atoms with van der Waals surface area (Å²) in [5.74, 6) is -0.710. The molecule has 2 rings (SSSR count). The number of carbonyl (C=O) groups is 2. The normalized spacial score (nSPS) is 29.6. The maximum Gasteiger partial charge on any atom is 0.321 e. The first-order valence-electron chi connectivity index (χ1n) is 6.84. The fraction of sp³-hybridized carbons (Fsp3) is 0.846. The number of carboxylic acids is 1. The predicted octanol–water partition coefficient (Wildman–Crippen LogP) is 0.840. The van der Waals surface area contributed by atoms with Crippen LogP contribution in [0.3, 0.4) is 0 Å². The molecule has 2 fully saturated rings. The Labute approximate surface area is 108 Å². The van der Waals surface area contributed by atoms with Crippen molar-refractivity contribution in [3.63, 3.8) is 0 Å². The molecule has 2 atom stereocenters. The molecule has 5 heteroatoms. The van der Waals surface area contributed by atoms with Crippen molar-refractivity contribution in [1.82, 2.24) is 10.2 Å². The van der Waals surface area contributed by atoms with Crippen molar-refractivity contribution in [1.29, 1.82) is 0 Å². The molecule has 102 valence electrons. The summed E-state index contributed by atoms with van der Waals surface area (Å²) in [5.41, 5.74) is 0. The van der Waals surface area contributed by atoms with Crippen LogP contribution in [0.1, 0.15) is 39.0 Å². The highest BCUT2D eigenvalue weighted by Crippen LogP contribution is 2.24. The van der Waals surface area contributed by atoms with Gasteiger partial charge in [-0.2, -0.15) is 0 Å². The number of hydrogen-bond donors (Lipinski definition) is 2. The van der Waals surface area contributed by atoms with Crippen LogP contribution in [0.2, 0.25) is 0 Å². The van der Waals surface area contributed by atoms with Gasteiger partial charge in [0.05, 0.1) is 6.54 Å². The van der Waals surface area contributed by atoms with E-state index in [2.05, 4.69) is 5.32 Å². The van der Waals surface area contributed by atoms with Gasteiger partial charge in [-0.15, -0.1) is 0 Å². The summed E-state index contributed by atoms with van der Waals surface area (Å²) in [7, 11) is 0. The summed E-state index contributed by atoms with van der Waals surface area (Å²) >= 11 is 0. The van der Waals surface area contributed by atoms with Crippen molar-refractivity contribution < 1.29 is 14.7 Å². The summed E-state index contributed by atoms with van der Waals surface area (Å²) in [6, 6.07) is -0.194. The van der Waals surface area contributed by atoms with E-state index < -0.39 is 12.0 Å². The molecule has 1 saturated carbocycles. The minimum atomic E-state index is -0.811. The molecular formula is C13H22N2O3. The predicted molar refractivity (Wildman–Crippen MR) is 67.2 cm³/mol. The Morgan fingerprint density at radius 3 is 2.56 bits per heavy atom. The maximum absolute atomic E-state index is 11.9. The molecular weight excluding hydrogens is 232 g/mol. The largest absolute Gasteiger partial charge is 0.480 e. The van der Waals surface area contributed by atoms with Gasteiger partial charge in [0, 0.05) is 6.04 Å². The van der Waals surface area contributed by atoms with Gasteiger partial charge in [0.2, 0.25) is 5.91 Å². The van der Waals surface area contributed by atoms with E-state index in [4.69, 9.17) is 0 Å². The van der Waals surface area contributed by atoms with Crippen LogP contribution in [-0.4, -0.2) is 47.1 Å². The Hall–Kier alpha value is -1.10. The van der Waals surface area contributed by atoms with E-state index in [0.717, 1.165) is 19.3 Å². The molecule has 0 aromatic rings. The lowest BCUT2D eigenvalue weighted by atomic mass is 10.0. The van der Waals surface area contributed by atoms with Crippen molar-refractivity contribution >= 4 is 11.9 Å². The van der Waals surface area contributed by atoms with Crippen LogP contribution in [0, 0.1) is 5.92 Å². The molecule has 1 heterocycles. The molecule has 0 spiro atoms. The highest BCUT2D eigenvalue weighted by Gasteiger charge is 2.37. The first-order valence-corrected chi connectivity index (χ1v) is 6.84. The van der Waals surface area contributed by atoms with E-state index in [1.165, 1.54) is 12.8 Å². The van der Waals surface area contributed by atoms with Gasteiger partial charge in [-0.25, -0.2) is 0 Å². The van der Waals surface area contributed by atoms with E-state index in [0.29, 0.717) is 12.6 Å². The topological polar surface area (TPSA) is 69.6 Å².